The fourth-order valence-corrected chi connectivity index (χ4v) is 5.37. The third kappa shape index (κ3) is 6.95. The summed E-state index contributed by atoms with van der Waals surface area (Å²) in [6, 6.07) is 10.7. The molecule has 2 unspecified atom stereocenters. The van der Waals surface area contributed by atoms with Crippen LogP contribution in [0.3, 0.4) is 0 Å². The van der Waals surface area contributed by atoms with Gasteiger partial charge in [0.05, 0.1) is 40.5 Å². The van der Waals surface area contributed by atoms with Gasteiger partial charge in [0.1, 0.15) is 12.5 Å². The molecule has 2 atom stereocenters. The lowest BCUT2D eigenvalue weighted by Crippen LogP contribution is -2.46. The summed E-state index contributed by atoms with van der Waals surface area (Å²) in [5, 5.41) is 1.70. The van der Waals surface area contributed by atoms with Gasteiger partial charge in [-0.3, -0.25) is 4.90 Å². The highest BCUT2D eigenvalue weighted by atomic mass is 35.5. The summed E-state index contributed by atoms with van der Waals surface area (Å²) in [7, 11) is 2.63. The van der Waals surface area contributed by atoms with E-state index in [0.717, 1.165) is 12.7 Å². The summed E-state index contributed by atoms with van der Waals surface area (Å²) in [5.74, 6) is -5.88. The molecule has 0 saturated carbocycles. The van der Waals surface area contributed by atoms with E-state index in [1.54, 1.807) is 32.7 Å². The molecule has 2 aromatic carbocycles. The molecule has 0 amide bonds. The van der Waals surface area contributed by atoms with Crippen molar-refractivity contribution in [3.05, 3.63) is 92.5 Å². The standard InChI is InChI=1S/C30H32ClF5N2O4/c1-16-21(27(40)42-28(29(2,3)4)38(5)15-17-10-8-7-9-11-17)24(23(26(39)41-6)20(14-32)37-16)22-19(33)13-12-18(31)25(22)30(34,35)36/h7-13,24,28,37H,14-15H2,1-6H3. The number of hydrogen-bond acceptors (Lipinski definition) is 6. The summed E-state index contributed by atoms with van der Waals surface area (Å²) in [6.07, 6.45) is -6.14. The highest BCUT2D eigenvalue weighted by Crippen LogP contribution is 2.48. The molecule has 0 spiro atoms. The van der Waals surface area contributed by atoms with Gasteiger partial charge in [-0.1, -0.05) is 62.7 Å². The van der Waals surface area contributed by atoms with E-state index in [-0.39, 0.29) is 5.70 Å². The third-order valence-corrected chi connectivity index (χ3v) is 7.07. The molecule has 0 aromatic heterocycles. The zero-order chi connectivity index (χ0) is 31.6. The molecule has 2 aromatic rings. The fraction of sp³-hybridized carbons (Fsp3) is 0.400. The first kappa shape index (κ1) is 33.1. The number of ether oxygens (including phenoxy) is 2. The molecular weight excluding hydrogens is 583 g/mol. The topological polar surface area (TPSA) is 67.9 Å². The molecule has 6 nitrogen and oxygen atoms in total. The largest absolute Gasteiger partial charge is 0.466 e. The van der Waals surface area contributed by atoms with Crippen molar-refractivity contribution in [3.8, 4) is 0 Å². The molecule has 42 heavy (non-hydrogen) atoms. The van der Waals surface area contributed by atoms with Crippen molar-refractivity contribution in [1.29, 1.82) is 0 Å². The molecule has 0 saturated heterocycles. The number of carbonyl (C=O) groups excluding carboxylic acids is 2. The number of nitrogens with zero attached hydrogens (tertiary/aromatic N) is 1. The lowest BCUT2D eigenvalue weighted by Gasteiger charge is -2.39. The molecule has 12 heteroatoms. The molecule has 1 heterocycles. The molecule has 0 radical (unpaired) electrons. The molecule has 1 aliphatic rings. The smallest absolute Gasteiger partial charge is 0.418 e. The van der Waals surface area contributed by atoms with Gasteiger partial charge in [0.2, 0.25) is 0 Å². The van der Waals surface area contributed by atoms with Crippen LogP contribution in [0.5, 0.6) is 0 Å². The average molecular weight is 615 g/mol. The number of halogens is 6. The van der Waals surface area contributed by atoms with Gasteiger partial charge in [-0.25, -0.2) is 18.4 Å². The van der Waals surface area contributed by atoms with Gasteiger partial charge in [-0.15, -0.1) is 0 Å². The lowest BCUT2D eigenvalue weighted by atomic mass is 9.78. The number of rotatable bonds is 8. The van der Waals surface area contributed by atoms with Crippen molar-refractivity contribution in [2.24, 2.45) is 5.41 Å². The fourth-order valence-electron chi connectivity index (χ4n) is 5.10. The lowest BCUT2D eigenvalue weighted by molar-refractivity contribution is -0.166. The van der Waals surface area contributed by atoms with Crippen LogP contribution in [-0.4, -0.2) is 43.9 Å². The Labute approximate surface area is 246 Å². The first-order chi connectivity index (χ1) is 19.5. The van der Waals surface area contributed by atoms with Gasteiger partial charge in [0.25, 0.3) is 0 Å². The number of esters is 2. The Balaban J connectivity index is 2.23. The van der Waals surface area contributed by atoms with E-state index in [9.17, 15) is 27.2 Å². The number of hydrogen-bond donors (Lipinski definition) is 1. The van der Waals surface area contributed by atoms with Crippen LogP contribution in [0.4, 0.5) is 22.0 Å². The Hall–Kier alpha value is -3.44. The van der Waals surface area contributed by atoms with Crippen molar-refractivity contribution in [2.45, 2.75) is 52.6 Å². The Bertz CT molecular complexity index is 1400. The zero-order valence-corrected chi connectivity index (χ0v) is 24.7. The molecule has 0 aliphatic carbocycles. The van der Waals surface area contributed by atoms with Crippen molar-refractivity contribution >= 4 is 23.5 Å². The molecule has 0 bridgehead atoms. The molecule has 0 fully saturated rings. The number of allylic oxidation sites excluding steroid dienone is 2. The average Bonchev–Trinajstić information content (AvgIpc) is 2.90. The van der Waals surface area contributed by atoms with E-state index in [2.05, 4.69) is 5.32 Å². The minimum Gasteiger partial charge on any atom is -0.466 e. The predicted molar refractivity (Wildman–Crippen MR) is 147 cm³/mol. The summed E-state index contributed by atoms with van der Waals surface area (Å²) in [6.45, 7) is 5.67. The number of carbonyl (C=O) groups is 2. The molecule has 228 valence electrons. The monoisotopic (exact) mass is 614 g/mol. The Morgan fingerprint density at radius 1 is 1.05 bits per heavy atom. The molecular formula is C30H32ClF5N2O4. The van der Waals surface area contributed by atoms with Gasteiger partial charge < -0.3 is 14.8 Å². The third-order valence-electron chi connectivity index (χ3n) is 6.75. The van der Waals surface area contributed by atoms with Crippen LogP contribution in [-0.2, 0) is 31.8 Å². The van der Waals surface area contributed by atoms with Gasteiger partial charge in [-0.05, 0) is 31.7 Å². The van der Waals surface area contributed by atoms with E-state index >= 15 is 4.39 Å². The Morgan fingerprint density at radius 2 is 1.67 bits per heavy atom. The van der Waals surface area contributed by atoms with Gasteiger partial charge in [-0.2, -0.15) is 13.2 Å². The normalized spacial score (nSPS) is 16.8. The molecule has 1 aliphatic heterocycles. The maximum absolute atomic E-state index is 15.5. The first-order valence-corrected chi connectivity index (χ1v) is 13.3. The summed E-state index contributed by atoms with van der Waals surface area (Å²) in [4.78, 5) is 28.6. The van der Waals surface area contributed by atoms with E-state index in [1.165, 1.54) is 6.92 Å². The minimum absolute atomic E-state index is 0.129. The van der Waals surface area contributed by atoms with Crippen LogP contribution >= 0.6 is 11.6 Å². The van der Waals surface area contributed by atoms with Crippen molar-refractivity contribution in [1.82, 2.24) is 10.2 Å². The second-order valence-corrected chi connectivity index (χ2v) is 11.4. The second-order valence-electron chi connectivity index (χ2n) is 11.0. The van der Waals surface area contributed by atoms with E-state index in [0.29, 0.717) is 18.7 Å². The van der Waals surface area contributed by atoms with Crippen LogP contribution in [0.25, 0.3) is 0 Å². The van der Waals surface area contributed by atoms with Crippen LogP contribution < -0.4 is 5.32 Å². The van der Waals surface area contributed by atoms with Gasteiger partial charge >= 0.3 is 18.1 Å². The number of benzene rings is 2. The van der Waals surface area contributed by atoms with Crippen LogP contribution in [0.2, 0.25) is 5.02 Å². The molecule has 1 N–H and O–H groups in total. The minimum atomic E-state index is -5.21. The Kier molecular flexibility index (Phi) is 10.1. The van der Waals surface area contributed by atoms with Gasteiger partial charge in [0, 0.05) is 23.2 Å². The predicted octanol–water partition coefficient (Wildman–Crippen LogP) is 6.90. The number of alkyl halides is 4. The summed E-state index contributed by atoms with van der Waals surface area (Å²) in [5.41, 5.74) is -4.40. The van der Waals surface area contributed by atoms with E-state index in [1.807, 2.05) is 30.3 Å². The SMILES string of the molecule is COC(=O)C1=C(CF)NC(C)=C(C(=O)OC(N(C)Cc2ccccc2)C(C)(C)C)C1c1c(F)ccc(Cl)c1C(F)(F)F. The van der Waals surface area contributed by atoms with Crippen LogP contribution in [0.15, 0.2) is 65.0 Å². The maximum atomic E-state index is 15.5. The Morgan fingerprint density at radius 3 is 2.19 bits per heavy atom. The van der Waals surface area contributed by atoms with Gasteiger partial charge in [0.15, 0.2) is 6.23 Å². The number of dihydropyridines is 1. The quantitative estimate of drug-likeness (QED) is 0.198. The van der Waals surface area contributed by atoms with Crippen molar-refractivity contribution in [3.63, 3.8) is 0 Å². The summed E-state index contributed by atoms with van der Waals surface area (Å²) < 4.78 is 83.3. The van der Waals surface area contributed by atoms with Crippen molar-refractivity contribution in [2.75, 3.05) is 20.8 Å². The second kappa shape index (κ2) is 12.8. The first-order valence-electron chi connectivity index (χ1n) is 12.9. The van der Waals surface area contributed by atoms with E-state index < -0.39 is 81.2 Å². The highest BCUT2D eigenvalue weighted by molar-refractivity contribution is 6.31. The highest BCUT2D eigenvalue weighted by Gasteiger charge is 2.47. The number of methoxy groups -OCH3 is 1. The summed E-state index contributed by atoms with van der Waals surface area (Å²) >= 11 is 5.92. The zero-order valence-electron chi connectivity index (χ0n) is 24.0. The van der Waals surface area contributed by atoms with Crippen molar-refractivity contribution < 1.29 is 41.0 Å². The molecule has 3 rings (SSSR count). The van der Waals surface area contributed by atoms with Crippen LogP contribution in [0, 0.1) is 11.2 Å². The number of nitrogens with one attached hydrogen (secondary N) is 1. The maximum Gasteiger partial charge on any atom is 0.418 e. The van der Waals surface area contributed by atoms with Crippen LogP contribution in [0.1, 0.15) is 50.3 Å². The van der Waals surface area contributed by atoms with E-state index in [4.69, 9.17) is 21.1 Å².